The molecule has 1 aromatic rings. The van der Waals surface area contributed by atoms with Crippen LogP contribution in [0.25, 0.3) is 0 Å². The molecule has 4 nitrogen and oxygen atoms in total. The van der Waals surface area contributed by atoms with Gasteiger partial charge in [0.25, 0.3) is 0 Å². The second kappa shape index (κ2) is 7.53. The minimum Gasteiger partial charge on any atom is -0.493 e. The number of rotatable bonds is 4. The number of methoxy groups -OCH3 is 3. The van der Waals surface area contributed by atoms with Gasteiger partial charge in [0.15, 0.2) is 11.5 Å². The maximum absolute atomic E-state index is 12.9. The third kappa shape index (κ3) is 4.38. The molecule has 19 heavy (non-hydrogen) atoms. The van der Waals surface area contributed by atoms with Gasteiger partial charge in [-0.2, -0.15) is 0 Å². The predicted octanol–water partition coefficient (Wildman–Crippen LogP) is -1.45. The van der Waals surface area contributed by atoms with Crippen LogP contribution in [-0.4, -0.2) is 34.3 Å². The Labute approximate surface area is 151 Å². The summed E-state index contributed by atoms with van der Waals surface area (Å²) in [7, 11) is 3.48. The van der Waals surface area contributed by atoms with Crippen molar-refractivity contribution in [3.05, 3.63) is 17.7 Å². The van der Waals surface area contributed by atoms with Crippen molar-refractivity contribution in [1.82, 2.24) is 0 Å². The Hall–Kier alpha value is -0.219. The monoisotopic (exact) mass is 302 g/mol. The SMILES string of the molecule is COC(=O)c1cc(OC)c(OC)cc1[B-](F)(F)F.[K+]. The predicted molar refractivity (Wildman–Crippen MR) is 59.6 cm³/mol. The van der Waals surface area contributed by atoms with Crippen LogP contribution in [0.3, 0.4) is 0 Å². The number of ether oxygens (including phenoxy) is 3. The van der Waals surface area contributed by atoms with E-state index in [-0.39, 0.29) is 62.9 Å². The van der Waals surface area contributed by atoms with E-state index in [1.54, 1.807) is 0 Å². The molecule has 0 heterocycles. The van der Waals surface area contributed by atoms with Gasteiger partial charge in [0, 0.05) is 5.56 Å². The van der Waals surface area contributed by atoms with Crippen LogP contribution in [0.4, 0.5) is 12.9 Å². The Morgan fingerprint density at radius 2 is 1.53 bits per heavy atom. The molecule has 0 saturated heterocycles. The zero-order chi connectivity index (χ0) is 13.9. The van der Waals surface area contributed by atoms with Gasteiger partial charge in [0.2, 0.25) is 0 Å². The van der Waals surface area contributed by atoms with Crippen molar-refractivity contribution < 1.29 is 83.3 Å². The largest absolute Gasteiger partial charge is 1.00 e. The molecule has 0 radical (unpaired) electrons. The Morgan fingerprint density at radius 3 is 1.89 bits per heavy atom. The van der Waals surface area contributed by atoms with E-state index in [1.807, 2.05) is 0 Å². The first kappa shape index (κ1) is 18.8. The number of hydrogen-bond donors (Lipinski definition) is 0. The number of halogens is 3. The van der Waals surface area contributed by atoms with Crippen LogP contribution in [0.1, 0.15) is 10.4 Å². The molecule has 100 valence electrons. The van der Waals surface area contributed by atoms with Crippen LogP contribution < -0.4 is 66.3 Å². The van der Waals surface area contributed by atoms with Crippen molar-refractivity contribution in [1.29, 1.82) is 0 Å². The Bertz CT molecular complexity index is 465. The van der Waals surface area contributed by atoms with Crippen molar-refractivity contribution in [3.63, 3.8) is 0 Å². The van der Waals surface area contributed by atoms with Gasteiger partial charge in [-0.15, -0.1) is 0 Å². The van der Waals surface area contributed by atoms with E-state index in [0.29, 0.717) is 0 Å². The number of hydrogen-bond acceptors (Lipinski definition) is 4. The van der Waals surface area contributed by atoms with Gasteiger partial charge in [0.1, 0.15) is 0 Å². The summed E-state index contributed by atoms with van der Waals surface area (Å²) in [6.07, 6.45) is 0. The van der Waals surface area contributed by atoms with Gasteiger partial charge >= 0.3 is 64.3 Å². The molecule has 9 heteroatoms. The minimum absolute atomic E-state index is 0. The smallest absolute Gasteiger partial charge is 0.493 e. The first-order chi connectivity index (χ1) is 8.35. The molecule has 1 rings (SSSR count). The average Bonchev–Trinajstić information content (AvgIpc) is 2.34. The molecule has 0 spiro atoms. The third-order valence-electron chi connectivity index (χ3n) is 2.31. The first-order valence-corrected chi connectivity index (χ1v) is 4.89. The molecule has 0 saturated carbocycles. The summed E-state index contributed by atoms with van der Waals surface area (Å²) in [4.78, 5) is 11.3. The van der Waals surface area contributed by atoms with Gasteiger partial charge < -0.3 is 27.2 Å². The van der Waals surface area contributed by atoms with Crippen molar-refractivity contribution >= 4 is 18.4 Å². The van der Waals surface area contributed by atoms with Crippen LogP contribution in [0.2, 0.25) is 0 Å². The van der Waals surface area contributed by atoms with E-state index < -0.39 is 24.0 Å². The summed E-state index contributed by atoms with van der Waals surface area (Å²) in [5.41, 5.74) is -1.66. The summed E-state index contributed by atoms with van der Waals surface area (Å²) in [5, 5.41) is 0. The average molecular weight is 302 g/mol. The van der Waals surface area contributed by atoms with Crippen LogP contribution in [0.5, 0.6) is 11.5 Å². The molecule has 0 aliphatic rings. The Kier molecular flexibility index (Phi) is 7.45. The van der Waals surface area contributed by atoms with Crippen molar-refractivity contribution in [2.45, 2.75) is 0 Å². The minimum atomic E-state index is -5.36. The van der Waals surface area contributed by atoms with Crippen molar-refractivity contribution in [2.24, 2.45) is 0 Å². The maximum Gasteiger partial charge on any atom is 1.00 e. The third-order valence-corrected chi connectivity index (χ3v) is 2.31. The zero-order valence-electron chi connectivity index (χ0n) is 11.0. The summed E-state index contributed by atoms with van der Waals surface area (Å²) in [6.45, 7) is -5.36. The summed E-state index contributed by atoms with van der Waals surface area (Å²) >= 11 is 0. The van der Waals surface area contributed by atoms with Crippen LogP contribution in [0.15, 0.2) is 12.1 Å². The van der Waals surface area contributed by atoms with Crippen LogP contribution >= 0.6 is 0 Å². The molecule has 0 fully saturated rings. The van der Waals surface area contributed by atoms with Gasteiger partial charge in [0.05, 0.1) is 21.3 Å². The normalized spacial score (nSPS) is 10.4. The van der Waals surface area contributed by atoms with E-state index in [9.17, 15) is 17.7 Å². The maximum atomic E-state index is 12.9. The molecular formula is C10H11BF3KO4. The van der Waals surface area contributed by atoms with E-state index in [2.05, 4.69) is 4.74 Å². The zero-order valence-corrected chi connectivity index (χ0v) is 14.1. The second-order valence-corrected chi connectivity index (χ2v) is 3.36. The molecule has 0 atom stereocenters. The van der Waals surface area contributed by atoms with Gasteiger partial charge in [-0.3, -0.25) is 0 Å². The van der Waals surface area contributed by atoms with E-state index >= 15 is 0 Å². The molecule has 0 aromatic heterocycles. The number of carbonyl (C=O) groups is 1. The number of carbonyl (C=O) groups excluding carboxylic acids is 1. The fraction of sp³-hybridized carbons (Fsp3) is 0.300. The number of benzene rings is 1. The fourth-order valence-corrected chi connectivity index (χ4v) is 1.45. The van der Waals surface area contributed by atoms with E-state index in [4.69, 9.17) is 9.47 Å². The first-order valence-electron chi connectivity index (χ1n) is 4.89. The van der Waals surface area contributed by atoms with Crippen LogP contribution in [0, 0.1) is 0 Å². The summed E-state index contributed by atoms with van der Waals surface area (Å²) in [6, 6.07) is 1.68. The van der Waals surface area contributed by atoms with Gasteiger partial charge in [-0.1, -0.05) is 5.46 Å². The topological polar surface area (TPSA) is 44.8 Å². The number of esters is 1. The standard InChI is InChI=1S/C10H11BF3O4.K/c1-16-8-4-6(10(15)18-3)7(11(12,13)14)5-9(8)17-2;/h4-5H,1-3H3;/q-1;+1. The van der Waals surface area contributed by atoms with Gasteiger partial charge in [-0.05, 0) is 12.1 Å². The molecule has 0 amide bonds. The quantitative estimate of drug-likeness (QED) is 0.504. The van der Waals surface area contributed by atoms with Crippen molar-refractivity contribution in [3.8, 4) is 11.5 Å². The fourth-order valence-electron chi connectivity index (χ4n) is 1.45. The second-order valence-electron chi connectivity index (χ2n) is 3.36. The molecule has 0 bridgehead atoms. The van der Waals surface area contributed by atoms with Gasteiger partial charge in [-0.25, -0.2) is 4.79 Å². The molecule has 0 aliphatic heterocycles. The van der Waals surface area contributed by atoms with E-state index in [1.165, 1.54) is 14.2 Å². The summed E-state index contributed by atoms with van der Waals surface area (Å²) in [5.74, 6) is -1.15. The molecule has 0 N–H and O–H groups in total. The Balaban J connectivity index is 0.00000324. The van der Waals surface area contributed by atoms with Crippen LogP contribution in [-0.2, 0) is 4.74 Å². The van der Waals surface area contributed by atoms with Crippen molar-refractivity contribution in [2.75, 3.05) is 21.3 Å². The molecule has 0 aliphatic carbocycles. The molecule has 0 unspecified atom stereocenters. The Morgan fingerprint density at radius 1 is 1.05 bits per heavy atom. The van der Waals surface area contributed by atoms with E-state index in [0.717, 1.165) is 19.2 Å². The molecule has 1 aromatic carbocycles. The summed E-state index contributed by atoms with van der Waals surface area (Å²) < 4.78 is 52.5. The molecular weight excluding hydrogens is 291 g/mol.